The average molecular weight is 563 g/mol. The fourth-order valence-corrected chi connectivity index (χ4v) is 4.97. The molecule has 0 bridgehead atoms. The fraction of sp³-hybridized carbons (Fsp3) is 0.259. The molecule has 0 saturated carbocycles. The molecular formula is C27H26Cl3N3O4. The predicted octanol–water partition coefficient (Wildman–Crippen LogP) is 5.94. The lowest BCUT2D eigenvalue weighted by atomic mass is 10.1. The lowest BCUT2D eigenvalue weighted by Gasteiger charge is -2.36. The molecular weight excluding hydrogens is 537 g/mol. The number of hydrogen-bond donors (Lipinski definition) is 1. The van der Waals surface area contributed by atoms with E-state index >= 15 is 0 Å². The minimum absolute atomic E-state index is 0.102. The molecule has 4 rings (SSSR count). The molecule has 1 aliphatic rings. The number of aryl methyl sites for hydroxylation is 1. The molecule has 0 radical (unpaired) electrons. The van der Waals surface area contributed by atoms with Crippen molar-refractivity contribution in [3.63, 3.8) is 0 Å². The van der Waals surface area contributed by atoms with Crippen LogP contribution in [0, 0.1) is 6.92 Å². The molecule has 0 atom stereocenters. The molecule has 1 fully saturated rings. The van der Waals surface area contributed by atoms with E-state index in [4.69, 9.17) is 44.3 Å². The van der Waals surface area contributed by atoms with E-state index in [2.05, 4.69) is 10.2 Å². The molecule has 0 aliphatic carbocycles. The summed E-state index contributed by atoms with van der Waals surface area (Å²) in [5, 5.41) is 4.18. The minimum atomic E-state index is -0.304. The van der Waals surface area contributed by atoms with Crippen LogP contribution in [-0.4, -0.2) is 56.6 Å². The Hall–Kier alpha value is -3.13. The van der Waals surface area contributed by atoms with Gasteiger partial charge in [-0.3, -0.25) is 9.59 Å². The van der Waals surface area contributed by atoms with Crippen LogP contribution >= 0.6 is 34.8 Å². The number of rotatable bonds is 7. The number of carbonyl (C=O) groups excluding carboxylic acids is 2. The summed E-state index contributed by atoms with van der Waals surface area (Å²) in [5.41, 5.74) is 2.87. The monoisotopic (exact) mass is 561 g/mol. The number of halogens is 3. The Bertz CT molecular complexity index is 1270. The van der Waals surface area contributed by atoms with E-state index in [0.717, 1.165) is 11.3 Å². The first-order chi connectivity index (χ1) is 17.7. The zero-order valence-corrected chi connectivity index (χ0v) is 22.7. The number of hydrogen-bond acceptors (Lipinski definition) is 5. The summed E-state index contributed by atoms with van der Waals surface area (Å²) in [7, 11) is 1.53. The first-order valence-corrected chi connectivity index (χ1v) is 12.7. The van der Waals surface area contributed by atoms with Gasteiger partial charge in [0.05, 0.1) is 17.7 Å². The van der Waals surface area contributed by atoms with E-state index in [1.165, 1.54) is 7.11 Å². The quantitative estimate of drug-likeness (QED) is 0.386. The molecule has 194 valence electrons. The van der Waals surface area contributed by atoms with Crippen molar-refractivity contribution >= 4 is 58.0 Å². The number of benzene rings is 3. The van der Waals surface area contributed by atoms with Crippen molar-refractivity contribution < 1.29 is 19.1 Å². The van der Waals surface area contributed by atoms with Gasteiger partial charge in [-0.25, -0.2) is 0 Å². The van der Waals surface area contributed by atoms with Crippen molar-refractivity contribution in [2.75, 3.05) is 50.1 Å². The number of nitrogens with one attached hydrogen (secondary N) is 1. The van der Waals surface area contributed by atoms with Crippen LogP contribution in [0.15, 0.2) is 54.6 Å². The Labute approximate surface area is 230 Å². The van der Waals surface area contributed by atoms with Crippen LogP contribution < -0.4 is 19.7 Å². The van der Waals surface area contributed by atoms with E-state index in [9.17, 15) is 9.59 Å². The number of piperazine rings is 1. The lowest BCUT2D eigenvalue weighted by Crippen LogP contribution is -2.48. The number of amides is 2. The second-order valence-electron chi connectivity index (χ2n) is 8.54. The van der Waals surface area contributed by atoms with Gasteiger partial charge in [-0.15, -0.1) is 0 Å². The largest absolute Gasteiger partial charge is 0.496 e. The second-order valence-corrected chi connectivity index (χ2v) is 9.82. The molecule has 2 amide bonds. The number of methoxy groups -OCH3 is 1. The maximum absolute atomic E-state index is 13.0. The van der Waals surface area contributed by atoms with E-state index < -0.39 is 0 Å². The van der Waals surface area contributed by atoms with Crippen molar-refractivity contribution in [1.29, 1.82) is 0 Å². The van der Waals surface area contributed by atoms with Gasteiger partial charge in [-0.1, -0.05) is 34.8 Å². The van der Waals surface area contributed by atoms with Crippen molar-refractivity contribution in [2.24, 2.45) is 0 Å². The molecule has 3 aromatic carbocycles. The summed E-state index contributed by atoms with van der Waals surface area (Å²) in [5.74, 6) is 0.533. The van der Waals surface area contributed by atoms with Crippen LogP contribution in [0.2, 0.25) is 15.1 Å². The number of nitrogens with zero attached hydrogens (tertiary/aromatic N) is 2. The van der Waals surface area contributed by atoms with Crippen LogP contribution in [0.5, 0.6) is 11.5 Å². The third kappa shape index (κ3) is 6.60. The molecule has 0 spiro atoms. The van der Waals surface area contributed by atoms with E-state index in [1.54, 1.807) is 35.2 Å². The van der Waals surface area contributed by atoms with Gasteiger partial charge < -0.3 is 24.6 Å². The first kappa shape index (κ1) is 26.9. The normalized spacial score (nSPS) is 13.3. The van der Waals surface area contributed by atoms with Crippen LogP contribution in [-0.2, 0) is 4.79 Å². The highest BCUT2D eigenvalue weighted by Crippen LogP contribution is 2.32. The van der Waals surface area contributed by atoms with E-state index in [1.807, 2.05) is 31.2 Å². The summed E-state index contributed by atoms with van der Waals surface area (Å²) < 4.78 is 10.9. The second kappa shape index (κ2) is 11.9. The first-order valence-electron chi connectivity index (χ1n) is 11.6. The van der Waals surface area contributed by atoms with Crippen molar-refractivity contribution in [1.82, 2.24) is 4.90 Å². The molecule has 3 aromatic rings. The average Bonchev–Trinajstić information content (AvgIpc) is 2.88. The van der Waals surface area contributed by atoms with Gasteiger partial charge in [0.25, 0.3) is 11.8 Å². The summed E-state index contributed by atoms with van der Waals surface area (Å²) >= 11 is 18.2. The zero-order valence-electron chi connectivity index (χ0n) is 20.4. The van der Waals surface area contributed by atoms with Gasteiger partial charge in [0.1, 0.15) is 11.5 Å². The van der Waals surface area contributed by atoms with Gasteiger partial charge in [0, 0.05) is 47.6 Å². The van der Waals surface area contributed by atoms with E-state index in [-0.39, 0.29) is 18.4 Å². The molecule has 1 N–H and O–H groups in total. The summed E-state index contributed by atoms with van der Waals surface area (Å²) in [6, 6.07) is 15.9. The molecule has 0 unspecified atom stereocenters. The Morgan fingerprint density at radius 3 is 2.27 bits per heavy atom. The predicted molar refractivity (Wildman–Crippen MR) is 148 cm³/mol. The molecule has 7 nitrogen and oxygen atoms in total. The Morgan fingerprint density at radius 2 is 1.62 bits per heavy atom. The highest BCUT2D eigenvalue weighted by atomic mass is 35.5. The van der Waals surface area contributed by atoms with Crippen molar-refractivity contribution in [2.45, 2.75) is 6.92 Å². The zero-order chi connectivity index (χ0) is 26.5. The Balaban J connectivity index is 1.29. The summed E-state index contributed by atoms with van der Waals surface area (Å²) in [6.07, 6.45) is 0. The van der Waals surface area contributed by atoms with Gasteiger partial charge in [-0.2, -0.15) is 0 Å². The van der Waals surface area contributed by atoms with Gasteiger partial charge in [-0.05, 0) is 67.1 Å². The number of carbonyl (C=O) groups is 2. The molecule has 0 aromatic heterocycles. The number of ether oxygens (including phenoxy) is 2. The van der Waals surface area contributed by atoms with E-state index in [0.29, 0.717) is 64.0 Å². The molecule has 10 heteroatoms. The highest BCUT2D eigenvalue weighted by molar-refractivity contribution is 6.35. The molecule has 37 heavy (non-hydrogen) atoms. The molecule has 1 aliphatic heterocycles. The lowest BCUT2D eigenvalue weighted by molar-refractivity contribution is -0.118. The van der Waals surface area contributed by atoms with Gasteiger partial charge >= 0.3 is 0 Å². The van der Waals surface area contributed by atoms with Crippen LogP contribution in [0.3, 0.4) is 0 Å². The maximum atomic E-state index is 13.0. The maximum Gasteiger partial charge on any atom is 0.262 e. The Morgan fingerprint density at radius 1 is 0.919 bits per heavy atom. The number of anilines is 2. The Kier molecular flexibility index (Phi) is 8.69. The van der Waals surface area contributed by atoms with Gasteiger partial charge in [0.2, 0.25) is 0 Å². The highest BCUT2D eigenvalue weighted by Gasteiger charge is 2.25. The van der Waals surface area contributed by atoms with Crippen molar-refractivity contribution in [3.8, 4) is 11.5 Å². The summed E-state index contributed by atoms with van der Waals surface area (Å²) in [4.78, 5) is 29.4. The molecule has 1 heterocycles. The van der Waals surface area contributed by atoms with Crippen LogP contribution in [0.1, 0.15) is 15.9 Å². The third-order valence-electron chi connectivity index (χ3n) is 6.02. The SMILES string of the molecule is COc1ccc(Cl)cc1C(=O)N1CCN(c2ccc(NC(=O)COc3c(C)cc(Cl)cc3Cl)cc2)CC1. The summed E-state index contributed by atoms with van der Waals surface area (Å²) in [6.45, 7) is 4.11. The van der Waals surface area contributed by atoms with Crippen LogP contribution in [0.4, 0.5) is 11.4 Å². The minimum Gasteiger partial charge on any atom is -0.496 e. The fourth-order valence-electron chi connectivity index (χ4n) is 4.15. The van der Waals surface area contributed by atoms with Gasteiger partial charge in [0.15, 0.2) is 6.61 Å². The smallest absolute Gasteiger partial charge is 0.262 e. The standard InChI is InChI=1S/C27H26Cl3N3O4/c1-17-13-19(29)15-23(30)26(17)37-16-25(34)31-20-4-6-21(7-5-20)32-9-11-33(12-10-32)27(35)22-14-18(28)3-8-24(22)36-2/h3-8,13-15H,9-12,16H2,1-2H3,(H,31,34). The third-order valence-corrected chi connectivity index (χ3v) is 6.75. The topological polar surface area (TPSA) is 71.1 Å². The van der Waals surface area contributed by atoms with Crippen LogP contribution in [0.25, 0.3) is 0 Å². The molecule has 1 saturated heterocycles. The van der Waals surface area contributed by atoms with Crippen molar-refractivity contribution in [3.05, 3.63) is 80.8 Å².